The van der Waals surface area contributed by atoms with Crippen LogP contribution in [0.4, 0.5) is 17.1 Å². The minimum absolute atomic E-state index is 0.0124. The molecule has 0 N–H and O–H groups in total. The van der Waals surface area contributed by atoms with Gasteiger partial charge in [-0.2, -0.15) is 0 Å². The van der Waals surface area contributed by atoms with Crippen molar-refractivity contribution in [1.29, 1.82) is 0 Å². The van der Waals surface area contributed by atoms with Crippen LogP contribution < -0.4 is 4.90 Å². The molecule has 0 atom stereocenters. The third-order valence-corrected chi connectivity index (χ3v) is 9.80. The molecule has 9 aromatic rings. The predicted molar refractivity (Wildman–Crippen MR) is 226 cm³/mol. The van der Waals surface area contributed by atoms with Crippen LogP contribution in [-0.2, 0) is 0 Å². The first-order valence-corrected chi connectivity index (χ1v) is 18.0. The van der Waals surface area contributed by atoms with Gasteiger partial charge < -0.3 is 4.90 Å². The van der Waals surface area contributed by atoms with Crippen molar-refractivity contribution in [2.45, 2.75) is 0 Å². The standard InChI is InChI=1S/C52H37N/c1-5-17-38(18-6-1)44-32-36-51(49(37-44)40-21-9-3-10-22-40)53(50-28-16-15-26-46(50)39-19-7-2-8-20-39)45-33-29-42(30-34-45)48-35-31-41-23-13-14-27-47(41)52(48)43-24-11-4-12-25-43/h1-37H/i32D,36D,37D. The molecule has 0 aliphatic carbocycles. The molecule has 0 saturated heterocycles. The van der Waals surface area contributed by atoms with Crippen molar-refractivity contribution in [2.24, 2.45) is 0 Å². The van der Waals surface area contributed by atoms with Crippen molar-refractivity contribution in [3.05, 3.63) is 224 Å². The van der Waals surface area contributed by atoms with Crippen LogP contribution in [0.3, 0.4) is 0 Å². The molecule has 0 spiro atoms. The van der Waals surface area contributed by atoms with Crippen LogP contribution >= 0.6 is 0 Å². The number of hydrogen-bond acceptors (Lipinski definition) is 1. The third-order valence-electron chi connectivity index (χ3n) is 9.80. The predicted octanol–water partition coefficient (Wildman–Crippen LogP) is 14.6. The molecule has 9 rings (SSSR count). The Morgan fingerprint density at radius 2 is 0.849 bits per heavy atom. The molecule has 9 aromatic carbocycles. The van der Waals surface area contributed by atoms with Crippen LogP contribution in [-0.4, -0.2) is 0 Å². The van der Waals surface area contributed by atoms with Crippen LogP contribution in [0, 0.1) is 0 Å². The summed E-state index contributed by atoms with van der Waals surface area (Å²) in [6.45, 7) is 0. The number of anilines is 3. The van der Waals surface area contributed by atoms with E-state index in [1.54, 1.807) is 0 Å². The number of nitrogens with zero attached hydrogens (tertiary/aromatic N) is 1. The highest BCUT2D eigenvalue weighted by Crippen LogP contribution is 2.46. The lowest BCUT2D eigenvalue weighted by molar-refractivity contribution is 1.28. The molecule has 0 aromatic heterocycles. The topological polar surface area (TPSA) is 3.24 Å². The first kappa shape index (κ1) is 28.7. The Morgan fingerprint density at radius 1 is 0.321 bits per heavy atom. The molecule has 0 aliphatic rings. The van der Waals surface area contributed by atoms with Gasteiger partial charge in [-0.3, -0.25) is 0 Å². The normalized spacial score (nSPS) is 11.8. The maximum atomic E-state index is 9.84. The number of fused-ring (bicyclic) bond motifs is 1. The smallest absolute Gasteiger partial charge is 0.0645 e. The van der Waals surface area contributed by atoms with Gasteiger partial charge in [0, 0.05) is 16.8 Å². The first-order valence-electron chi connectivity index (χ1n) is 19.5. The molecule has 0 bridgehead atoms. The van der Waals surface area contributed by atoms with Crippen LogP contribution in [0.1, 0.15) is 4.11 Å². The molecule has 0 heterocycles. The van der Waals surface area contributed by atoms with E-state index >= 15 is 0 Å². The largest absolute Gasteiger partial charge is 0.309 e. The average molecular weight is 679 g/mol. The number of para-hydroxylation sites is 1. The summed E-state index contributed by atoms with van der Waals surface area (Å²) in [4.78, 5) is 2.08. The molecule has 0 unspecified atom stereocenters. The summed E-state index contributed by atoms with van der Waals surface area (Å²) in [7, 11) is 0. The lowest BCUT2D eigenvalue weighted by Crippen LogP contribution is -2.12. The molecule has 0 saturated carbocycles. The zero-order chi connectivity index (χ0) is 38.0. The number of rotatable bonds is 8. The van der Waals surface area contributed by atoms with Crippen LogP contribution in [0.15, 0.2) is 224 Å². The highest BCUT2D eigenvalue weighted by Gasteiger charge is 2.22. The van der Waals surface area contributed by atoms with E-state index in [1.807, 2.05) is 97.1 Å². The fourth-order valence-corrected chi connectivity index (χ4v) is 7.27. The Kier molecular flexibility index (Phi) is 7.77. The van der Waals surface area contributed by atoms with E-state index in [9.17, 15) is 4.11 Å². The molecule has 250 valence electrons. The Hall–Kier alpha value is -6.96. The fraction of sp³-hybridized carbons (Fsp3) is 0. The Bertz CT molecular complexity index is 2800. The fourth-order valence-electron chi connectivity index (χ4n) is 7.27. The van der Waals surface area contributed by atoms with Gasteiger partial charge in [0.1, 0.15) is 0 Å². The molecule has 53 heavy (non-hydrogen) atoms. The summed E-state index contributed by atoms with van der Waals surface area (Å²) in [6.07, 6.45) is 0. The minimum atomic E-state index is 0.0124. The first-order chi connectivity index (χ1) is 27.6. The summed E-state index contributed by atoms with van der Waals surface area (Å²) in [5, 5.41) is 2.37. The lowest BCUT2D eigenvalue weighted by atomic mass is 9.89. The molecule has 0 fully saturated rings. The summed E-state index contributed by atoms with van der Waals surface area (Å²) in [5.41, 5.74) is 11.2. The Labute approximate surface area is 315 Å². The van der Waals surface area contributed by atoms with E-state index in [1.165, 1.54) is 16.3 Å². The molecule has 0 amide bonds. The van der Waals surface area contributed by atoms with Crippen molar-refractivity contribution in [2.75, 3.05) is 4.90 Å². The van der Waals surface area contributed by atoms with Gasteiger partial charge in [0.05, 0.1) is 15.5 Å². The van der Waals surface area contributed by atoms with Crippen LogP contribution in [0.2, 0.25) is 0 Å². The summed E-state index contributed by atoms with van der Waals surface area (Å²) in [5.74, 6) is 0. The number of benzene rings is 9. The van der Waals surface area contributed by atoms with E-state index in [0.717, 1.165) is 50.3 Å². The van der Waals surface area contributed by atoms with Gasteiger partial charge >= 0.3 is 0 Å². The summed E-state index contributed by atoms with van der Waals surface area (Å²) in [6, 6.07) is 70.1. The second-order valence-electron chi connectivity index (χ2n) is 13.0. The van der Waals surface area contributed by atoms with Gasteiger partial charge in [-0.05, 0) is 85.6 Å². The number of hydrogen-bond donors (Lipinski definition) is 0. The van der Waals surface area contributed by atoms with E-state index in [-0.39, 0.29) is 18.1 Å². The maximum Gasteiger partial charge on any atom is 0.0645 e. The average Bonchev–Trinajstić information content (AvgIpc) is 3.27. The summed E-state index contributed by atoms with van der Waals surface area (Å²) >= 11 is 0. The summed E-state index contributed by atoms with van der Waals surface area (Å²) < 4.78 is 29.2. The van der Waals surface area contributed by atoms with Gasteiger partial charge in [0.25, 0.3) is 0 Å². The van der Waals surface area contributed by atoms with E-state index in [4.69, 9.17) is 0 Å². The van der Waals surface area contributed by atoms with Gasteiger partial charge in [0.2, 0.25) is 0 Å². The Morgan fingerprint density at radius 3 is 1.53 bits per heavy atom. The van der Waals surface area contributed by atoms with Gasteiger partial charge in [0.15, 0.2) is 0 Å². The van der Waals surface area contributed by atoms with Crippen LogP contribution in [0.5, 0.6) is 0 Å². The second-order valence-corrected chi connectivity index (χ2v) is 13.0. The zero-order valence-electron chi connectivity index (χ0n) is 32.1. The SMILES string of the molecule is [2H]c1c([2H])c(N(c2ccc(-c3ccc4ccccc4c3-c3ccccc3)cc2)c2ccccc2-c2ccccc2)c(-c2ccccc2)c([2H])c1-c1ccccc1. The highest BCUT2D eigenvalue weighted by molar-refractivity contribution is 6.04. The lowest BCUT2D eigenvalue weighted by Gasteiger charge is -2.30. The van der Waals surface area contributed by atoms with E-state index in [0.29, 0.717) is 16.8 Å². The Balaban J connectivity index is 1.31. The monoisotopic (exact) mass is 678 g/mol. The van der Waals surface area contributed by atoms with Crippen LogP contribution in [0.25, 0.3) is 66.4 Å². The van der Waals surface area contributed by atoms with Crippen molar-refractivity contribution < 1.29 is 4.11 Å². The third kappa shape index (κ3) is 6.30. The minimum Gasteiger partial charge on any atom is -0.309 e. The van der Waals surface area contributed by atoms with Crippen molar-refractivity contribution in [1.82, 2.24) is 0 Å². The zero-order valence-corrected chi connectivity index (χ0v) is 29.1. The van der Waals surface area contributed by atoms with Crippen molar-refractivity contribution in [3.8, 4) is 55.6 Å². The van der Waals surface area contributed by atoms with Gasteiger partial charge in [-0.25, -0.2) is 0 Å². The molecule has 0 radical (unpaired) electrons. The molecule has 1 nitrogen and oxygen atoms in total. The van der Waals surface area contributed by atoms with Crippen molar-refractivity contribution >= 4 is 27.8 Å². The quantitative estimate of drug-likeness (QED) is 0.155. The molecule has 1 heteroatoms. The van der Waals surface area contributed by atoms with Gasteiger partial charge in [-0.15, -0.1) is 0 Å². The second kappa shape index (κ2) is 14.3. The van der Waals surface area contributed by atoms with E-state index in [2.05, 4.69) is 114 Å². The maximum absolute atomic E-state index is 9.84. The molecule has 0 aliphatic heterocycles. The van der Waals surface area contributed by atoms with Gasteiger partial charge in [-0.1, -0.05) is 194 Å². The molecular formula is C52H37N. The van der Waals surface area contributed by atoms with Crippen molar-refractivity contribution in [3.63, 3.8) is 0 Å². The molecular weight excluding hydrogens is 639 g/mol. The highest BCUT2D eigenvalue weighted by atomic mass is 15.1. The van der Waals surface area contributed by atoms with E-state index < -0.39 is 0 Å².